The maximum atomic E-state index is 11.9. The summed E-state index contributed by atoms with van der Waals surface area (Å²) in [5, 5.41) is 5.42. The fourth-order valence-electron chi connectivity index (χ4n) is 2.36. The van der Waals surface area contributed by atoms with Crippen LogP contribution in [0.15, 0.2) is 30.6 Å². The third kappa shape index (κ3) is 5.45. The van der Waals surface area contributed by atoms with E-state index in [1.807, 2.05) is 42.7 Å². The molecule has 0 unspecified atom stereocenters. The largest absolute Gasteiger partial charge is 0.347 e. The lowest BCUT2D eigenvalue weighted by molar-refractivity contribution is -0.124. The van der Waals surface area contributed by atoms with Crippen LogP contribution in [0.2, 0.25) is 0 Å². The number of rotatable bonds is 7. The molecule has 6 nitrogen and oxygen atoms in total. The summed E-state index contributed by atoms with van der Waals surface area (Å²) in [7, 11) is 0. The Balaban J connectivity index is 1.85. The third-order valence-corrected chi connectivity index (χ3v) is 4.08. The second-order valence-electron chi connectivity index (χ2n) is 6.59. The van der Waals surface area contributed by atoms with Crippen LogP contribution in [0.25, 0.3) is 5.69 Å². The van der Waals surface area contributed by atoms with Crippen molar-refractivity contribution in [2.75, 3.05) is 11.9 Å². The van der Waals surface area contributed by atoms with Crippen molar-refractivity contribution in [1.82, 2.24) is 14.9 Å². The summed E-state index contributed by atoms with van der Waals surface area (Å²) in [5.41, 5.74) is 3.75. The summed E-state index contributed by atoms with van der Waals surface area (Å²) in [4.78, 5) is 27.8. The highest BCUT2D eigenvalue weighted by Gasteiger charge is 2.08. The second-order valence-corrected chi connectivity index (χ2v) is 6.59. The molecule has 0 aliphatic rings. The van der Waals surface area contributed by atoms with Gasteiger partial charge in [-0.3, -0.25) is 9.59 Å². The molecule has 134 valence electrons. The van der Waals surface area contributed by atoms with Crippen molar-refractivity contribution in [3.05, 3.63) is 42.0 Å². The van der Waals surface area contributed by atoms with Gasteiger partial charge >= 0.3 is 0 Å². The first-order valence-corrected chi connectivity index (χ1v) is 8.54. The lowest BCUT2D eigenvalue weighted by Crippen LogP contribution is -2.32. The van der Waals surface area contributed by atoms with E-state index in [-0.39, 0.29) is 18.4 Å². The van der Waals surface area contributed by atoms with Gasteiger partial charge in [-0.2, -0.15) is 0 Å². The normalized spacial score (nSPS) is 10.8. The Morgan fingerprint density at radius 1 is 1.12 bits per heavy atom. The number of hydrogen-bond acceptors (Lipinski definition) is 3. The molecule has 0 aliphatic heterocycles. The molecular formula is C19H26N4O2. The monoisotopic (exact) mass is 342 g/mol. The number of carbonyl (C=O) groups is 2. The van der Waals surface area contributed by atoms with Crippen molar-refractivity contribution in [3.63, 3.8) is 0 Å². The van der Waals surface area contributed by atoms with Gasteiger partial charge in [0.05, 0.1) is 18.6 Å². The number of nitrogens with one attached hydrogen (secondary N) is 2. The van der Waals surface area contributed by atoms with Crippen molar-refractivity contribution >= 4 is 17.5 Å². The molecule has 0 radical (unpaired) electrons. The number of aromatic nitrogens is 2. The molecule has 6 heteroatoms. The lowest BCUT2D eigenvalue weighted by Gasteiger charge is -2.09. The minimum absolute atomic E-state index is 0.0154. The maximum absolute atomic E-state index is 11.9. The van der Waals surface area contributed by atoms with Gasteiger partial charge in [0.2, 0.25) is 11.8 Å². The van der Waals surface area contributed by atoms with E-state index in [4.69, 9.17) is 0 Å². The number of aryl methyl sites for hydroxylation is 1. The van der Waals surface area contributed by atoms with Crippen LogP contribution in [0.4, 0.5) is 5.69 Å². The average Bonchev–Trinajstić information content (AvgIpc) is 2.91. The van der Waals surface area contributed by atoms with Crippen molar-refractivity contribution in [2.45, 2.75) is 40.5 Å². The summed E-state index contributed by atoms with van der Waals surface area (Å²) >= 11 is 0. The number of hydrogen-bond donors (Lipinski definition) is 2. The predicted molar refractivity (Wildman–Crippen MR) is 98.7 cm³/mol. The van der Waals surface area contributed by atoms with Crippen LogP contribution in [0, 0.1) is 19.8 Å². The highest BCUT2D eigenvalue weighted by Crippen LogP contribution is 2.16. The molecule has 2 amide bonds. The first-order chi connectivity index (χ1) is 11.9. The van der Waals surface area contributed by atoms with Crippen LogP contribution in [0.5, 0.6) is 0 Å². The Morgan fingerprint density at radius 3 is 2.36 bits per heavy atom. The van der Waals surface area contributed by atoms with Crippen molar-refractivity contribution < 1.29 is 9.59 Å². The Morgan fingerprint density at radius 2 is 1.80 bits per heavy atom. The molecule has 2 rings (SSSR count). The van der Waals surface area contributed by atoms with E-state index in [9.17, 15) is 9.59 Å². The molecular weight excluding hydrogens is 316 g/mol. The molecule has 25 heavy (non-hydrogen) atoms. The van der Waals surface area contributed by atoms with Gasteiger partial charge in [-0.25, -0.2) is 4.98 Å². The van der Waals surface area contributed by atoms with E-state index in [0.29, 0.717) is 18.0 Å². The van der Waals surface area contributed by atoms with E-state index in [1.54, 1.807) is 6.33 Å². The molecule has 1 aromatic heterocycles. The molecule has 0 atom stereocenters. The van der Waals surface area contributed by atoms with E-state index in [2.05, 4.69) is 29.5 Å². The van der Waals surface area contributed by atoms with Gasteiger partial charge in [-0.1, -0.05) is 13.8 Å². The average molecular weight is 342 g/mol. The van der Waals surface area contributed by atoms with E-state index < -0.39 is 0 Å². The van der Waals surface area contributed by atoms with Crippen molar-refractivity contribution in [1.29, 1.82) is 0 Å². The second kappa shape index (κ2) is 8.46. The molecule has 0 aliphatic carbocycles. The van der Waals surface area contributed by atoms with Gasteiger partial charge < -0.3 is 15.2 Å². The molecule has 0 fully saturated rings. The minimum atomic E-state index is -0.236. The van der Waals surface area contributed by atoms with Gasteiger partial charge in [0.1, 0.15) is 0 Å². The maximum Gasteiger partial charge on any atom is 0.243 e. The first-order valence-electron chi connectivity index (χ1n) is 8.54. The van der Waals surface area contributed by atoms with E-state index in [1.165, 1.54) is 0 Å². The zero-order chi connectivity index (χ0) is 18.4. The van der Waals surface area contributed by atoms with Gasteiger partial charge in [-0.15, -0.1) is 0 Å². The zero-order valence-corrected chi connectivity index (χ0v) is 15.3. The van der Waals surface area contributed by atoms with Crippen molar-refractivity contribution in [2.24, 2.45) is 5.92 Å². The zero-order valence-electron chi connectivity index (χ0n) is 15.3. The SMILES string of the molecule is Cc1ncn(-c2ccc(NC(=O)CNC(=O)CCC(C)C)cc2)c1C. The summed E-state index contributed by atoms with van der Waals surface area (Å²) in [6.07, 6.45) is 3.05. The number of anilines is 1. The van der Waals surface area contributed by atoms with E-state index >= 15 is 0 Å². The van der Waals surface area contributed by atoms with Gasteiger partial charge in [-0.05, 0) is 50.5 Å². The molecule has 0 saturated carbocycles. The van der Waals surface area contributed by atoms with Crippen LogP contribution in [0.1, 0.15) is 38.1 Å². The van der Waals surface area contributed by atoms with Crippen LogP contribution in [0.3, 0.4) is 0 Å². The molecule has 2 N–H and O–H groups in total. The van der Waals surface area contributed by atoms with Gasteiger partial charge in [0, 0.05) is 23.5 Å². The highest BCUT2D eigenvalue weighted by atomic mass is 16.2. The summed E-state index contributed by atoms with van der Waals surface area (Å²) in [6, 6.07) is 7.51. The quantitative estimate of drug-likeness (QED) is 0.812. The number of carbonyl (C=O) groups excluding carboxylic acids is 2. The Kier molecular flexibility index (Phi) is 6.33. The Hall–Kier alpha value is -2.63. The number of benzene rings is 1. The lowest BCUT2D eigenvalue weighted by atomic mass is 10.1. The topological polar surface area (TPSA) is 76.0 Å². The summed E-state index contributed by atoms with van der Waals surface area (Å²) in [6.45, 7) is 8.10. The molecule has 0 spiro atoms. The number of amides is 2. The Labute approximate surface area is 148 Å². The fourth-order valence-corrected chi connectivity index (χ4v) is 2.36. The number of nitrogens with zero attached hydrogens (tertiary/aromatic N) is 2. The van der Waals surface area contributed by atoms with Crippen LogP contribution in [-0.4, -0.2) is 27.9 Å². The summed E-state index contributed by atoms with van der Waals surface area (Å²) in [5.74, 6) is 0.145. The molecule has 1 aromatic carbocycles. The van der Waals surface area contributed by atoms with Crippen molar-refractivity contribution in [3.8, 4) is 5.69 Å². The first kappa shape index (κ1) is 18.7. The molecule has 0 saturated heterocycles. The smallest absolute Gasteiger partial charge is 0.243 e. The van der Waals surface area contributed by atoms with Crippen LogP contribution < -0.4 is 10.6 Å². The van der Waals surface area contributed by atoms with Gasteiger partial charge in [0.15, 0.2) is 0 Å². The van der Waals surface area contributed by atoms with Crippen LogP contribution >= 0.6 is 0 Å². The third-order valence-electron chi connectivity index (χ3n) is 4.08. The molecule has 1 heterocycles. The highest BCUT2D eigenvalue weighted by molar-refractivity contribution is 5.94. The molecule has 2 aromatic rings. The summed E-state index contributed by atoms with van der Waals surface area (Å²) < 4.78 is 2.00. The molecule has 0 bridgehead atoms. The standard InChI is InChI=1S/C19H26N4O2/c1-13(2)5-10-18(24)20-11-19(25)22-16-6-8-17(9-7-16)23-12-21-14(3)15(23)4/h6-9,12-13H,5,10-11H2,1-4H3,(H,20,24)(H,22,25). The predicted octanol–water partition coefficient (Wildman–Crippen LogP) is 2.98. The van der Waals surface area contributed by atoms with E-state index in [0.717, 1.165) is 23.5 Å². The van der Waals surface area contributed by atoms with Crippen LogP contribution in [-0.2, 0) is 9.59 Å². The fraction of sp³-hybridized carbons (Fsp3) is 0.421. The number of imidazole rings is 1. The Bertz CT molecular complexity index is 732. The minimum Gasteiger partial charge on any atom is -0.347 e. The van der Waals surface area contributed by atoms with Gasteiger partial charge in [0.25, 0.3) is 0 Å².